The van der Waals surface area contributed by atoms with Crippen LogP contribution in [0.15, 0.2) is 29.2 Å². The summed E-state index contributed by atoms with van der Waals surface area (Å²) in [6.07, 6.45) is 5.29. The first kappa shape index (κ1) is 26.3. The van der Waals surface area contributed by atoms with Crippen LogP contribution >= 0.6 is 0 Å². The summed E-state index contributed by atoms with van der Waals surface area (Å²) >= 11 is 0. The van der Waals surface area contributed by atoms with E-state index in [2.05, 4.69) is 19.8 Å². The summed E-state index contributed by atoms with van der Waals surface area (Å²) < 4.78 is 39.4. The molecule has 12 heteroatoms. The molecule has 0 unspecified atom stereocenters. The molecule has 39 heavy (non-hydrogen) atoms. The van der Waals surface area contributed by atoms with E-state index in [0.717, 1.165) is 43.7 Å². The number of nitrogens with zero attached hydrogens (tertiary/aromatic N) is 3. The van der Waals surface area contributed by atoms with Gasteiger partial charge in [-0.2, -0.15) is 0 Å². The molecule has 11 nitrogen and oxygen atoms in total. The Morgan fingerprint density at radius 3 is 2.51 bits per heavy atom. The fourth-order valence-electron chi connectivity index (χ4n) is 5.71. The minimum absolute atomic E-state index is 0.0663. The number of carbonyl (C=O) groups is 1. The second kappa shape index (κ2) is 10.6. The minimum Gasteiger partial charge on any atom is -0.489 e. The largest absolute Gasteiger partial charge is 0.489 e. The molecule has 0 atom stereocenters. The van der Waals surface area contributed by atoms with E-state index in [1.807, 2.05) is 6.07 Å². The number of morpholine rings is 1. The van der Waals surface area contributed by atoms with Crippen LogP contribution in [-0.2, 0) is 21.2 Å². The molecule has 3 fully saturated rings. The summed E-state index contributed by atoms with van der Waals surface area (Å²) in [7, 11) is -3.83. The van der Waals surface area contributed by atoms with Crippen molar-refractivity contribution in [1.29, 1.82) is 0 Å². The van der Waals surface area contributed by atoms with Gasteiger partial charge in [0.1, 0.15) is 5.82 Å². The van der Waals surface area contributed by atoms with Gasteiger partial charge in [0.2, 0.25) is 10.0 Å². The van der Waals surface area contributed by atoms with Gasteiger partial charge in [-0.15, -0.1) is 0 Å². The Morgan fingerprint density at radius 2 is 1.79 bits per heavy atom. The predicted octanol–water partition coefficient (Wildman–Crippen LogP) is 1.76. The monoisotopic (exact) mass is 557 g/mol. The van der Waals surface area contributed by atoms with Gasteiger partial charge in [-0.05, 0) is 55.4 Å². The van der Waals surface area contributed by atoms with Crippen molar-refractivity contribution < 1.29 is 27.8 Å². The lowest BCUT2D eigenvalue weighted by atomic mass is 9.93. The zero-order valence-corrected chi connectivity index (χ0v) is 22.8. The van der Waals surface area contributed by atoms with Crippen LogP contribution < -0.4 is 24.6 Å². The standard InChI is InChI=1S/C27H35N5O6S/c33-13-8-28-39(35,36)20-1-2-21(22(18-20)31-9-6-27(4-5-27)7-10-31)26(34)30-23-17-19-3-14-38-24(19)25(29-23)32-11-15-37-16-12-32/h1-2,17-18,28,33H,3-16H2,(H,29,30,34). The molecule has 0 bridgehead atoms. The summed E-state index contributed by atoms with van der Waals surface area (Å²) in [5.74, 6) is 1.57. The van der Waals surface area contributed by atoms with E-state index in [0.29, 0.717) is 61.2 Å². The first-order valence-corrected chi connectivity index (χ1v) is 15.2. The third-order valence-corrected chi connectivity index (χ3v) is 9.71. The van der Waals surface area contributed by atoms with Gasteiger partial charge in [0.15, 0.2) is 11.6 Å². The molecule has 4 heterocycles. The first-order valence-electron chi connectivity index (χ1n) is 13.7. The van der Waals surface area contributed by atoms with E-state index in [1.54, 1.807) is 12.1 Å². The van der Waals surface area contributed by atoms with Crippen LogP contribution in [0.2, 0.25) is 0 Å². The van der Waals surface area contributed by atoms with Crippen molar-refractivity contribution in [2.24, 2.45) is 5.41 Å². The van der Waals surface area contributed by atoms with Crippen molar-refractivity contribution in [1.82, 2.24) is 9.71 Å². The SMILES string of the molecule is O=C(Nc1cc2c(c(N3CCOCC3)n1)OCC2)c1ccc(S(=O)(=O)NCCO)cc1N1CCC2(CC1)CC2. The molecule has 3 aliphatic heterocycles. The van der Waals surface area contributed by atoms with Gasteiger partial charge in [-0.1, -0.05) is 0 Å². The van der Waals surface area contributed by atoms with Crippen molar-refractivity contribution >= 4 is 33.3 Å². The summed E-state index contributed by atoms with van der Waals surface area (Å²) in [5.41, 5.74) is 2.42. The molecule has 1 aromatic heterocycles. The van der Waals surface area contributed by atoms with Gasteiger partial charge in [-0.25, -0.2) is 18.1 Å². The lowest BCUT2D eigenvalue weighted by Crippen LogP contribution is -2.37. The van der Waals surface area contributed by atoms with Crippen molar-refractivity contribution in [3.8, 4) is 5.75 Å². The van der Waals surface area contributed by atoms with E-state index in [9.17, 15) is 13.2 Å². The van der Waals surface area contributed by atoms with Crippen LogP contribution in [0, 0.1) is 5.41 Å². The zero-order chi connectivity index (χ0) is 27.0. The molecule has 210 valence electrons. The number of pyridine rings is 1. The number of ether oxygens (including phenoxy) is 2. The maximum atomic E-state index is 13.7. The van der Waals surface area contributed by atoms with Gasteiger partial charge in [0.05, 0.1) is 42.6 Å². The predicted molar refractivity (Wildman–Crippen MR) is 146 cm³/mol. The molecule has 1 amide bonds. The van der Waals surface area contributed by atoms with Crippen LogP contribution in [0.3, 0.4) is 0 Å². The van der Waals surface area contributed by atoms with E-state index < -0.39 is 10.0 Å². The maximum Gasteiger partial charge on any atom is 0.258 e. The second-order valence-electron chi connectivity index (χ2n) is 10.8. The Balaban J connectivity index is 1.30. The van der Waals surface area contributed by atoms with Crippen molar-refractivity contribution in [2.45, 2.75) is 37.0 Å². The molecule has 4 aliphatic rings. The zero-order valence-electron chi connectivity index (χ0n) is 21.9. The van der Waals surface area contributed by atoms with E-state index in [-0.39, 0.29) is 24.0 Å². The van der Waals surface area contributed by atoms with Crippen molar-refractivity contribution in [3.05, 3.63) is 35.4 Å². The molecule has 1 spiro atoms. The normalized spacial score (nSPS) is 20.0. The molecule has 1 aromatic carbocycles. The third-order valence-electron chi connectivity index (χ3n) is 8.25. The number of nitrogens with one attached hydrogen (secondary N) is 2. The number of aliphatic hydroxyl groups excluding tert-OH is 1. The molecule has 0 radical (unpaired) electrons. The number of benzene rings is 1. The number of anilines is 3. The van der Waals surface area contributed by atoms with Gasteiger partial charge in [-0.3, -0.25) is 4.79 Å². The highest BCUT2D eigenvalue weighted by atomic mass is 32.2. The van der Waals surface area contributed by atoms with E-state index in [1.165, 1.54) is 18.9 Å². The Bertz CT molecular complexity index is 1350. The molecule has 2 saturated heterocycles. The van der Waals surface area contributed by atoms with Gasteiger partial charge in [0.25, 0.3) is 5.91 Å². The van der Waals surface area contributed by atoms with Crippen molar-refractivity contribution in [2.75, 3.05) is 74.3 Å². The number of hydrogen-bond donors (Lipinski definition) is 3. The number of sulfonamides is 1. The maximum absolute atomic E-state index is 13.7. The highest BCUT2D eigenvalue weighted by Gasteiger charge is 2.44. The Hall–Kier alpha value is -2.93. The molecule has 3 N–H and O–H groups in total. The average molecular weight is 558 g/mol. The van der Waals surface area contributed by atoms with E-state index in [4.69, 9.17) is 19.6 Å². The molecule has 1 saturated carbocycles. The molecular weight excluding hydrogens is 522 g/mol. The number of hydrogen-bond acceptors (Lipinski definition) is 9. The molecule has 1 aliphatic carbocycles. The second-order valence-corrected chi connectivity index (χ2v) is 12.5. The number of carbonyl (C=O) groups excluding carboxylic acids is 1. The number of piperidine rings is 1. The highest BCUT2D eigenvalue weighted by molar-refractivity contribution is 7.89. The van der Waals surface area contributed by atoms with Crippen LogP contribution in [-0.4, -0.2) is 83.6 Å². The average Bonchev–Trinajstić information content (AvgIpc) is 3.53. The summed E-state index contributed by atoms with van der Waals surface area (Å²) in [4.78, 5) is 22.8. The van der Waals surface area contributed by atoms with Crippen LogP contribution in [0.5, 0.6) is 5.75 Å². The number of rotatable bonds is 8. The van der Waals surface area contributed by atoms with Gasteiger partial charge < -0.3 is 29.7 Å². The summed E-state index contributed by atoms with van der Waals surface area (Å²) in [5, 5.41) is 12.1. The minimum atomic E-state index is -3.83. The fourth-order valence-corrected chi connectivity index (χ4v) is 6.75. The lowest BCUT2D eigenvalue weighted by Gasteiger charge is -2.35. The van der Waals surface area contributed by atoms with E-state index >= 15 is 0 Å². The Morgan fingerprint density at radius 1 is 1.03 bits per heavy atom. The highest BCUT2D eigenvalue weighted by Crippen LogP contribution is 2.54. The molecular formula is C27H35N5O6S. The van der Waals surface area contributed by atoms with Gasteiger partial charge in [0, 0.05) is 44.7 Å². The number of fused-ring (bicyclic) bond motifs is 1. The lowest BCUT2D eigenvalue weighted by molar-refractivity contribution is 0.102. The van der Waals surface area contributed by atoms with Crippen molar-refractivity contribution in [3.63, 3.8) is 0 Å². The number of aliphatic hydroxyl groups is 1. The number of amides is 1. The Labute approximate surface area is 228 Å². The van der Waals surface area contributed by atoms with Crippen LogP contribution in [0.1, 0.15) is 41.6 Å². The summed E-state index contributed by atoms with van der Waals surface area (Å²) in [6.45, 7) is 4.34. The topological polar surface area (TPSA) is 133 Å². The van der Waals surface area contributed by atoms with Gasteiger partial charge >= 0.3 is 0 Å². The Kier molecular flexibility index (Phi) is 7.13. The number of aromatic nitrogens is 1. The van der Waals surface area contributed by atoms with Crippen LogP contribution in [0.4, 0.5) is 17.3 Å². The quantitative estimate of drug-likeness (QED) is 0.444. The molecule has 2 aromatic rings. The first-order chi connectivity index (χ1) is 18.9. The fraction of sp³-hybridized carbons (Fsp3) is 0.556. The van der Waals surface area contributed by atoms with Crippen LogP contribution in [0.25, 0.3) is 0 Å². The molecule has 6 rings (SSSR count). The summed E-state index contributed by atoms with van der Waals surface area (Å²) in [6, 6.07) is 6.44. The smallest absolute Gasteiger partial charge is 0.258 e. The third kappa shape index (κ3) is 5.43.